The number of thioether (sulfide) groups is 1. The number of nitrogens with one attached hydrogen (secondary N) is 1. The van der Waals surface area contributed by atoms with Crippen LogP contribution in [0.4, 0.5) is 4.79 Å². The largest absolute Gasteiger partial charge is 0.444 e. The van der Waals surface area contributed by atoms with E-state index in [2.05, 4.69) is 11.6 Å². The molecule has 1 heterocycles. The lowest BCUT2D eigenvalue weighted by Crippen LogP contribution is -2.45. The average molecular weight is 300 g/mol. The van der Waals surface area contributed by atoms with Gasteiger partial charge in [0, 0.05) is 30.4 Å². The molecule has 20 heavy (non-hydrogen) atoms. The molecule has 0 aromatic carbocycles. The van der Waals surface area contributed by atoms with Crippen LogP contribution in [0.15, 0.2) is 0 Å². The van der Waals surface area contributed by atoms with E-state index in [1.54, 1.807) is 0 Å². The van der Waals surface area contributed by atoms with E-state index >= 15 is 0 Å². The van der Waals surface area contributed by atoms with Crippen molar-refractivity contribution < 1.29 is 9.53 Å². The van der Waals surface area contributed by atoms with Crippen LogP contribution in [0.5, 0.6) is 0 Å². The first-order valence-electron chi connectivity index (χ1n) is 7.61. The first-order valence-corrected chi connectivity index (χ1v) is 8.83. The van der Waals surface area contributed by atoms with Gasteiger partial charge < -0.3 is 15.0 Å². The molecular formula is C15H28N2O2S. The summed E-state index contributed by atoms with van der Waals surface area (Å²) in [6.45, 7) is 8.54. The summed E-state index contributed by atoms with van der Waals surface area (Å²) in [5, 5.41) is 3.56. The Morgan fingerprint density at radius 3 is 2.70 bits per heavy atom. The SMILES string of the molecule is CSC1(CNCC2CCCN2C(=O)OC(C)(C)C)CC1. The molecule has 0 bridgehead atoms. The van der Waals surface area contributed by atoms with E-state index in [-0.39, 0.29) is 6.09 Å². The Morgan fingerprint density at radius 1 is 1.45 bits per heavy atom. The second kappa shape index (κ2) is 6.14. The molecule has 116 valence electrons. The summed E-state index contributed by atoms with van der Waals surface area (Å²) in [7, 11) is 0. The van der Waals surface area contributed by atoms with Crippen molar-refractivity contribution in [2.75, 3.05) is 25.9 Å². The van der Waals surface area contributed by atoms with Gasteiger partial charge in [-0.25, -0.2) is 4.79 Å². The molecule has 1 saturated carbocycles. The zero-order chi connectivity index (χ0) is 14.8. The molecule has 1 atom stereocenters. The summed E-state index contributed by atoms with van der Waals surface area (Å²) >= 11 is 1.97. The van der Waals surface area contributed by atoms with Crippen molar-refractivity contribution in [1.82, 2.24) is 10.2 Å². The summed E-state index contributed by atoms with van der Waals surface area (Å²) in [4.78, 5) is 14.1. The van der Waals surface area contributed by atoms with Crippen molar-refractivity contribution in [3.8, 4) is 0 Å². The van der Waals surface area contributed by atoms with Gasteiger partial charge >= 0.3 is 6.09 Å². The fourth-order valence-corrected chi connectivity index (χ4v) is 3.42. The van der Waals surface area contributed by atoms with Crippen LogP contribution in [-0.4, -0.2) is 53.3 Å². The number of ether oxygens (including phenoxy) is 1. The zero-order valence-electron chi connectivity index (χ0n) is 13.2. The third kappa shape index (κ3) is 4.29. The molecule has 0 aromatic heterocycles. The normalized spacial score (nSPS) is 24.8. The number of likely N-dealkylation sites (tertiary alicyclic amines) is 1. The lowest BCUT2D eigenvalue weighted by atomic mass is 10.2. The standard InChI is InChI=1S/C15H28N2O2S/c1-14(2,3)19-13(18)17-9-5-6-12(17)10-16-11-15(20-4)7-8-15/h12,16H,5-11H2,1-4H3. The lowest BCUT2D eigenvalue weighted by Gasteiger charge is -2.29. The van der Waals surface area contributed by atoms with Gasteiger partial charge in [0.2, 0.25) is 0 Å². The number of carbonyl (C=O) groups is 1. The second-order valence-corrected chi connectivity index (χ2v) is 8.26. The van der Waals surface area contributed by atoms with Gasteiger partial charge in [-0.1, -0.05) is 0 Å². The first kappa shape index (κ1) is 16.0. The maximum Gasteiger partial charge on any atom is 0.410 e. The molecule has 1 aliphatic carbocycles. The minimum absolute atomic E-state index is 0.159. The number of nitrogens with zero attached hydrogens (tertiary/aromatic N) is 1. The first-order chi connectivity index (χ1) is 9.35. The van der Waals surface area contributed by atoms with Gasteiger partial charge in [0.25, 0.3) is 0 Å². The Morgan fingerprint density at radius 2 is 2.15 bits per heavy atom. The van der Waals surface area contributed by atoms with Crippen molar-refractivity contribution in [3.05, 3.63) is 0 Å². The van der Waals surface area contributed by atoms with Crippen molar-refractivity contribution in [1.29, 1.82) is 0 Å². The van der Waals surface area contributed by atoms with E-state index in [4.69, 9.17) is 4.74 Å². The second-order valence-electron chi connectivity index (χ2n) is 6.99. The highest BCUT2D eigenvalue weighted by Gasteiger charge is 2.41. The summed E-state index contributed by atoms with van der Waals surface area (Å²) in [6, 6.07) is 0.294. The number of rotatable bonds is 5. The molecule has 2 aliphatic rings. The Balaban J connectivity index is 1.77. The van der Waals surface area contributed by atoms with Crippen LogP contribution in [0.25, 0.3) is 0 Å². The molecule has 0 spiro atoms. The maximum absolute atomic E-state index is 12.2. The molecule has 1 unspecified atom stereocenters. The fraction of sp³-hybridized carbons (Fsp3) is 0.933. The van der Waals surface area contributed by atoms with Crippen LogP contribution in [0, 0.1) is 0 Å². The molecule has 1 N–H and O–H groups in total. The van der Waals surface area contributed by atoms with Crippen molar-refractivity contribution in [3.63, 3.8) is 0 Å². The van der Waals surface area contributed by atoms with Crippen LogP contribution in [0.1, 0.15) is 46.5 Å². The quantitative estimate of drug-likeness (QED) is 0.848. The van der Waals surface area contributed by atoms with Gasteiger partial charge in [0.1, 0.15) is 5.60 Å². The molecule has 2 fully saturated rings. The van der Waals surface area contributed by atoms with Crippen LogP contribution in [-0.2, 0) is 4.74 Å². The van der Waals surface area contributed by atoms with Gasteiger partial charge in [-0.15, -0.1) is 0 Å². The minimum atomic E-state index is -0.408. The summed E-state index contributed by atoms with van der Waals surface area (Å²) in [5.41, 5.74) is -0.408. The molecule has 0 aromatic rings. The monoisotopic (exact) mass is 300 g/mol. The highest BCUT2D eigenvalue weighted by atomic mass is 32.2. The molecule has 0 radical (unpaired) electrons. The summed E-state index contributed by atoms with van der Waals surface area (Å²) < 4.78 is 5.97. The van der Waals surface area contributed by atoms with Crippen LogP contribution in [0.2, 0.25) is 0 Å². The number of hydrogen-bond donors (Lipinski definition) is 1. The summed E-state index contributed by atoms with van der Waals surface area (Å²) in [6.07, 6.45) is 6.84. The molecule has 4 nitrogen and oxygen atoms in total. The summed E-state index contributed by atoms with van der Waals surface area (Å²) in [5.74, 6) is 0. The van der Waals surface area contributed by atoms with E-state index in [9.17, 15) is 4.79 Å². The fourth-order valence-electron chi connectivity index (χ4n) is 2.67. The molecule has 1 amide bonds. The zero-order valence-corrected chi connectivity index (χ0v) is 14.0. The van der Waals surface area contributed by atoms with Crippen LogP contribution >= 0.6 is 11.8 Å². The topological polar surface area (TPSA) is 41.6 Å². The van der Waals surface area contributed by atoms with E-state index < -0.39 is 5.60 Å². The third-order valence-electron chi connectivity index (χ3n) is 4.07. The van der Waals surface area contributed by atoms with Gasteiger partial charge in [-0.2, -0.15) is 11.8 Å². The van der Waals surface area contributed by atoms with Gasteiger partial charge in [-0.05, 0) is 52.7 Å². The van der Waals surface area contributed by atoms with Crippen molar-refractivity contribution >= 4 is 17.9 Å². The Hall–Kier alpha value is -0.420. The number of hydrogen-bond acceptors (Lipinski definition) is 4. The highest BCUT2D eigenvalue weighted by molar-refractivity contribution is 8.00. The predicted molar refractivity (Wildman–Crippen MR) is 84.3 cm³/mol. The van der Waals surface area contributed by atoms with E-state index in [1.165, 1.54) is 12.8 Å². The van der Waals surface area contributed by atoms with Crippen molar-refractivity contribution in [2.45, 2.75) is 62.8 Å². The number of carbonyl (C=O) groups excluding carboxylic acids is 1. The Bertz CT molecular complexity index is 350. The van der Waals surface area contributed by atoms with Crippen molar-refractivity contribution in [2.24, 2.45) is 0 Å². The van der Waals surface area contributed by atoms with Gasteiger partial charge in [0.15, 0.2) is 0 Å². The molecule has 5 heteroatoms. The lowest BCUT2D eigenvalue weighted by molar-refractivity contribution is 0.0227. The predicted octanol–water partition coefficient (Wildman–Crippen LogP) is 2.87. The van der Waals surface area contributed by atoms with E-state index in [1.807, 2.05) is 37.4 Å². The van der Waals surface area contributed by atoms with Crippen LogP contribution in [0.3, 0.4) is 0 Å². The molecule has 1 aliphatic heterocycles. The van der Waals surface area contributed by atoms with Crippen LogP contribution < -0.4 is 5.32 Å². The molecule has 1 saturated heterocycles. The molecule has 2 rings (SSSR count). The number of amides is 1. The van der Waals surface area contributed by atoms with E-state index in [0.717, 1.165) is 32.5 Å². The minimum Gasteiger partial charge on any atom is -0.444 e. The third-order valence-corrected chi connectivity index (χ3v) is 5.49. The Kier molecular flexibility index (Phi) is 4.90. The molecular weight excluding hydrogens is 272 g/mol. The maximum atomic E-state index is 12.2. The highest BCUT2D eigenvalue weighted by Crippen LogP contribution is 2.46. The Labute approximate surface area is 127 Å². The average Bonchev–Trinajstić information content (AvgIpc) is 2.96. The van der Waals surface area contributed by atoms with Gasteiger partial charge in [-0.3, -0.25) is 0 Å². The van der Waals surface area contributed by atoms with E-state index in [0.29, 0.717) is 10.8 Å². The van der Waals surface area contributed by atoms with Gasteiger partial charge in [0.05, 0.1) is 0 Å². The smallest absolute Gasteiger partial charge is 0.410 e.